The fourth-order valence-electron chi connectivity index (χ4n) is 0.883. The van der Waals surface area contributed by atoms with Crippen molar-refractivity contribution >= 4 is 5.97 Å². The van der Waals surface area contributed by atoms with Crippen LogP contribution in [-0.4, -0.2) is 33.0 Å². The molecule has 0 amide bonds. The summed E-state index contributed by atoms with van der Waals surface area (Å²) in [5, 5.41) is 15.6. The molecule has 0 fully saturated rings. The molecule has 1 aromatic heterocycles. The van der Waals surface area contributed by atoms with Crippen LogP contribution in [0, 0.1) is 0 Å². The summed E-state index contributed by atoms with van der Waals surface area (Å²) in [5.74, 6) is -1.21. The molecule has 0 atom stereocenters. The minimum Gasteiger partial charge on any atom is -0.475 e. The highest BCUT2D eigenvalue weighted by Crippen LogP contribution is 2.08. The van der Waals surface area contributed by atoms with Gasteiger partial charge in [0.05, 0.1) is 7.11 Å². The minimum absolute atomic E-state index is 0.102. The number of aromatic carboxylic acids is 1. The van der Waals surface area contributed by atoms with Crippen molar-refractivity contribution in [1.82, 2.24) is 14.8 Å². The number of nitrogens with zero attached hydrogens (tertiary/aromatic N) is 3. The number of methoxy groups -OCH3 is 1. The molecule has 1 aromatic rings. The van der Waals surface area contributed by atoms with Crippen molar-refractivity contribution in [2.45, 2.75) is 13.5 Å². The average molecular weight is 171 g/mol. The van der Waals surface area contributed by atoms with Gasteiger partial charge in [-0.25, -0.2) is 4.79 Å². The topological polar surface area (TPSA) is 77.2 Å². The van der Waals surface area contributed by atoms with E-state index in [2.05, 4.69) is 10.2 Å². The lowest BCUT2D eigenvalue weighted by Gasteiger charge is -2.01. The lowest BCUT2D eigenvalue weighted by Crippen LogP contribution is -2.09. The highest BCUT2D eigenvalue weighted by Gasteiger charge is 2.16. The van der Waals surface area contributed by atoms with Crippen LogP contribution in [0.15, 0.2) is 0 Å². The first-order chi connectivity index (χ1) is 5.70. The van der Waals surface area contributed by atoms with Crippen LogP contribution in [0.25, 0.3) is 0 Å². The van der Waals surface area contributed by atoms with Crippen LogP contribution in [0.3, 0.4) is 0 Å². The van der Waals surface area contributed by atoms with Gasteiger partial charge in [-0.05, 0) is 6.92 Å². The van der Waals surface area contributed by atoms with Gasteiger partial charge in [0.2, 0.25) is 5.82 Å². The summed E-state index contributed by atoms with van der Waals surface area (Å²) in [7, 11) is 1.42. The van der Waals surface area contributed by atoms with Crippen molar-refractivity contribution in [3.8, 4) is 6.01 Å². The Hall–Kier alpha value is -1.59. The number of carbonyl (C=O) groups is 1. The molecule has 1 N–H and O–H groups in total. The van der Waals surface area contributed by atoms with Crippen molar-refractivity contribution in [1.29, 1.82) is 0 Å². The van der Waals surface area contributed by atoms with Crippen molar-refractivity contribution in [2.75, 3.05) is 7.11 Å². The Morgan fingerprint density at radius 2 is 2.33 bits per heavy atom. The zero-order valence-electron chi connectivity index (χ0n) is 6.81. The number of hydrogen-bond donors (Lipinski definition) is 1. The Morgan fingerprint density at radius 3 is 2.75 bits per heavy atom. The van der Waals surface area contributed by atoms with Gasteiger partial charge in [0.25, 0.3) is 0 Å². The standard InChI is InChI=1S/C6H9N3O3/c1-3-9-4(5(10)11)7-8-6(9)12-2/h3H2,1-2H3,(H,10,11). The van der Waals surface area contributed by atoms with Crippen molar-refractivity contribution < 1.29 is 14.6 Å². The second-order valence-corrected chi connectivity index (χ2v) is 2.06. The highest BCUT2D eigenvalue weighted by molar-refractivity contribution is 5.83. The van der Waals surface area contributed by atoms with Crippen LogP contribution < -0.4 is 4.74 Å². The molecule has 1 heterocycles. The molecule has 0 aromatic carbocycles. The summed E-state index contributed by atoms with van der Waals surface area (Å²) in [5.41, 5.74) is 0. The van der Waals surface area contributed by atoms with Crippen LogP contribution >= 0.6 is 0 Å². The van der Waals surface area contributed by atoms with Gasteiger partial charge in [-0.2, -0.15) is 0 Å². The Kier molecular flexibility index (Phi) is 2.27. The minimum atomic E-state index is -1.10. The van der Waals surface area contributed by atoms with Gasteiger partial charge in [0, 0.05) is 6.54 Å². The van der Waals surface area contributed by atoms with Crippen molar-refractivity contribution in [2.24, 2.45) is 0 Å². The third kappa shape index (κ3) is 1.23. The van der Waals surface area contributed by atoms with E-state index in [1.54, 1.807) is 6.92 Å². The van der Waals surface area contributed by atoms with Gasteiger partial charge >= 0.3 is 12.0 Å². The maximum Gasteiger partial charge on any atom is 0.374 e. The SMILES string of the molecule is CCn1c(OC)nnc1C(=O)O. The summed E-state index contributed by atoms with van der Waals surface area (Å²) >= 11 is 0. The molecule has 66 valence electrons. The number of carboxylic acids is 1. The monoisotopic (exact) mass is 171 g/mol. The Morgan fingerprint density at radius 1 is 1.67 bits per heavy atom. The molecule has 0 aliphatic carbocycles. The number of aromatic nitrogens is 3. The normalized spacial score (nSPS) is 9.83. The van der Waals surface area contributed by atoms with Gasteiger partial charge in [-0.3, -0.25) is 4.57 Å². The number of carboxylic acid groups (broad SMARTS) is 1. The van der Waals surface area contributed by atoms with E-state index in [0.717, 1.165) is 0 Å². The first kappa shape index (κ1) is 8.51. The van der Waals surface area contributed by atoms with E-state index in [-0.39, 0.29) is 11.8 Å². The second kappa shape index (κ2) is 3.21. The lowest BCUT2D eigenvalue weighted by molar-refractivity contribution is 0.0677. The van der Waals surface area contributed by atoms with E-state index in [1.807, 2.05) is 0 Å². The summed E-state index contributed by atoms with van der Waals surface area (Å²) in [4.78, 5) is 10.5. The van der Waals surface area contributed by atoms with Gasteiger partial charge in [-0.15, -0.1) is 5.10 Å². The summed E-state index contributed by atoms with van der Waals surface area (Å²) < 4.78 is 6.17. The van der Waals surface area contributed by atoms with E-state index in [0.29, 0.717) is 6.54 Å². The molecule has 0 saturated carbocycles. The zero-order valence-corrected chi connectivity index (χ0v) is 6.81. The molecular weight excluding hydrogens is 162 g/mol. The van der Waals surface area contributed by atoms with E-state index in [9.17, 15) is 4.79 Å². The van der Waals surface area contributed by atoms with Gasteiger partial charge < -0.3 is 9.84 Å². The molecule has 0 radical (unpaired) electrons. The van der Waals surface area contributed by atoms with Crippen molar-refractivity contribution in [3.05, 3.63) is 5.82 Å². The molecular formula is C6H9N3O3. The Labute approximate surface area is 68.8 Å². The quantitative estimate of drug-likeness (QED) is 0.692. The molecule has 0 saturated heterocycles. The maximum atomic E-state index is 10.5. The molecule has 1 rings (SSSR count). The largest absolute Gasteiger partial charge is 0.475 e. The molecule has 6 heteroatoms. The van der Waals surface area contributed by atoms with Crippen LogP contribution in [0.1, 0.15) is 17.5 Å². The summed E-state index contributed by atoms with van der Waals surface area (Å²) in [6.45, 7) is 2.26. The predicted octanol–water partition coefficient (Wildman–Crippen LogP) is 0.00480. The molecule has 0 unspecified atom stereocenters. The van der Waals surface area contributed by atoms with Crippen LogP contribution in [0.5, 0.6) is 6.01 Å². The van der Waals surface area contributed by atoms with Gasteiger partial charge in [0.1, 0.15) is 0 Å². The molecule has 0 aliphatic heterocycles. The third-order valence-corrected chi connectivity index (χ3v) is 1.41. The molecule has 0 aliphatic rings. The van der Waals surface area contributed by atoms with Crippen LogP contribution in [0.4, 0.5) is 0 Å². The fourth-order valence-corrected chi connectivity index (χ4v) is 0.883. The first-order valence-electron chi connectivity index (χ1n) is 3.41. The van der Waals surface area contributed by atoms with Gasteiger partial charge in [-0.1, -0.05) is 5.10 Å². The predicted molar refractivity (Wildman–Crippen MR) is 39.2 cm³/mol. The third-order valence-electron chi connectivity index (χ3n) is 1.41. The Bertz CT molecular complexity index is 294. The average Bonchev–Trinajstić information content (AvgIpc) is 2.46. The number of ether oxygens (including phenoxy) is 1. The first-order valence-corrected chi connectivity index (χ1v) is 3.41. The highest BCUT2D eigenvalue weighted by atomic mass is 16.5. The smallest absolute Gasteiger partial charge is 0.374 e. The maximum absolute atomic E-state index is 10.5. The number of hydrogen-bond acceptors (Lipinski definition) is 4. The molecule has 6 nitrogen and oxygen atoms in total. The van der Waals surface area contributed by atoms with E-state index >= 15 is 0 Å². The van der Waals surface area contributed by atoms with Gasteiger partial charge in [0.15, 0.2) is 0 Å². The van der Waals surface area contributed by atoms with E-state index in [1.165, 1.54) is 11.7 Å². The summed E-state index contributed by atoms with van der Waals surface area (Å²) in [6, 6.07) is 0.218. The fraction of sp³-hybridized carbons (Fsp3) is 0.500. The van der Waals surface area contributed by atoms with E-state index < -0.39 is 5.97 Å². The van der Waals surface area contributed by atoms with Crippen LogP contribution in [0.2, 0.25) is 0 Å². The molecule has 0 bridgehead atoms. The van der Waals surface area contributed by atoms with Crippen LogP contribution in [-0.2, 0) is 6.54 Å². The Balaban J connectivity index is 3.13. The number of rotatable bonds is 3. The second-order valence-electron chi connectivity index (χ2n) is 2.06. The van der Waals surface area contributed by atoms with E-state index in [4.69, 9.17) is 9.84 Å². The summed E-state index contributed by atoms with van der Waals surface area (Å²) in [6.07, 6.45) is 0. The zero-order chi connectivity index (χ0) is 9.14. The lowest BCUT2D eigenvalue weighted by atomic mass is 10.6. The van der Waals surface area contributed by atoms with Crippen molar-refractivity contribution in [3.63, 3.8) is 0 Å². The molecule has 0 spiro atoms. The molecule has 12 heavy (non-hydrogen) atoms.